The zero-order chi connectivity index (χ0) is 17.1. The molecule has 0 amide bonds. The minimum atomic E-state index is 0.479. The lowest BCUT2D eigenvalue weighted by atomic mass is 10.1. The molecule has 0 N–H and O–H groups in total. The van der Waals surface area contributed by atoms with E-state index in [1.54, 1.807) is 4.52 Å². The molecule has 0 unspecified atom stereocenters. The summed E-state index contributed by atoms with van der Waals surface area (Å²) in [5.41, 5.74) is 2.06. The Morgan fingerprint density at radius 2 is 1.76 bits per heavy atom. The molecule has 5 nitrogen and oxygen atoms in total. The number of hydrogen-bond donors (Lipinski definition) is 0. The summed E-state index contributed by atoms with van der Waals surface area (Å²) in [6, 6.07) is 19.3. The highest BCUT2D eigenvalue weighted by atomic mass is 32.1. The van der Waals surface area contributed by atoms with Gasteiger partial charge < -0.3 is 4.74 Å². The predicted octanol–water partition coefficient (Wildman–Crippen LogP) is 3.89. The number of aldehydes is 1. The Morgan fingerprint density at radius 1 is 1.04 bits per heavy atom. The number of imidazole rings is 1. The quantitative estimate of drug-likeness (QED) is 0.496. The van der Waals surface area contributed by atoms with Crippen molar-refractivity contribution in [3.05, 3.63) is 71.4 Å². The number of fused-ring (bicyclic) bond motifs is 1. The maximum atomic E-state index is 11.6. The Labute approximate surface area is 148 Å². The van der Waals surface area contributed by atoms with Crippen LogP contribution in [0.2, 0.25) is 0 Å². The SMILES string of the molecule is O=Cc1c(-c2ccccc2)nc2sc(CCOc3ccccc3)nn12. The number of para-hydroxylation sites is 1. The van der Waals surface area contributed by atoms with Crippen LogP contribution in [0.5, 0.6) is 5.75 Å². The molecule has 0 saturated carbocycles. The van der Waals surface area contributed by atoms with Crippen molar-refractivity contribution in [2.45, 2.75) is 6.42 Å². The van der Waals surface area contributed by atoms with E-state index in [0.717, 1.165) is 27.6 Å². The van der Waals surface area contributed by atoms with Gasteiger partial charge in [-0.15, -0.1) is 0 Å². The highest BCUT2D eigenvalue weighted by Gasteiger charge is 2.17. The van der Waals surface area contributed by atoms with Gasteiger partial charge in [0.25, 0.3) is 0 Å². The number of hydrogen-bond acceptors (Lipinski definition) is 5. The van der Waals surface area contributed by atoms with Crippen molar-refractivity contribution >= 4 is 22.6 Å². The fourth-order valence-corrected chi connectivity index (χ4v) is 3.47. The van der Waals surface area contributed by atoms with Gasteiger partial charge in [0.1, 0.15) is 22.1 Å². The van der Waals surface area contributed by atoms with E-state index in [2.05, 4.69) is 10.1 Å². The normalized spacial score (nSPS) is 10.9. The first-order valence-corrected chi connectivity index (χ1v) is 8.73. The van der Waals surface area contributed by atoms with Crippen LogP contribution in [0.4, 0.5) is 0 Å². The second-order valence-electron chi connectivity index (χ2n) is 5.43. The molecule has 4 rings (SSSR count). The van der Waals surface area contributed by atoms with Crippen LogP contribution in [-0.2, 0) is 6.42 Å². The Bertz CT molecular complexity index is 994. The van der Waals surface area contributed by atoms with Gasteiger partial charge in [-0.3, -0.25) is 4.79 Å². The molecular formula is C19H15N3O2S. The molecule has 0 radical (unpaired) electrons. The first kappa shape index (κ1) is 15.5. The van der Waals surface area contributed by atoms with Gasteiger partial charge in [-0.05, 0) is 12.1 Å². The van der Waals surface area contributed by atoms with Gasteiger partial charge in [0.2, 0.25) is 4.96 Å². The number of aromatic nitrogens is 3. The Morgan fingerprint density at radius 3 is 2.48 bits per heavy atom. The molecular weight excluding hydrogens is 334 g/mol. The van der Waals surface area contributed by atoms with Crippen molar-refractivity contribution in [1.82, 2.24) is 14.6 Å². The fourth-order valence-electron chi connectivity index (χ4n) is 2.59. The van der Waals surface area contributed by atoms with Crippen molar-refractivity contribution in [3.8, 4) is 17.0 Å². The van der Waals surface area contributed by atoms with E-state index in [1.165, 1.54) is 11.3 Å². The smallest absolute Gasteiger partial charge is 0.213 e. The van der Waals surface area contributed by atoms with E-state index in [9.17, 15) is 4.79 Å². The van der Waals surface area contributed by atoms with Crippen LogP contribution in [0.1, 0.15) is 15.5 Å². The summed E-state index contributed by atoms with van der Waals surface area (Å²) < 4.78 is 7.32. The molecule has 2 heterocycles. The third kappa shape index (κ3) is 3.16. The second-order valence-corrected chi connectivity index (χ2v) is 6.47. The molecule has 2 aromatic carbocycles. The lowest BCUT2D eigenvalue weighted by molar-refractivity contribution is 0.111. The number of carbonyl (C=O) groups is 1. The molecule has 0 aliphatic heterocycles. The van der Waals surface area contributed by atoms with Crippen LogP contribution in [0, 0.1) is 0 Å². The van der Waals surface area contributed by atoms with Gasteiger partial charge in [-0.25, -0.2) is 4.98 Å². The Balaban J connectivity index is 1.55. The average Bonchev–Trinajstić information content (AvgIpc) is 3.20. The summed E-state index contributed by atoms with van der Waals surface area (Å²) in [6.45, 7) is 0.530. The van der Waals surface area contributed by atoms with Crippen LogP contribution >= 0.6 is 11.3 Å². The van der Waals surface area contributed by atoms with E-state index in [-0.39, 0.29) is 0 Å². The average molecular weight is 349 g/mol. The summed E-state index contributed by atoms with van der Waals surface area (Å²) in [4.78, 5) is 16.9. The van der Waals surface area contributed by atoms with E-state index in [4.69, 9.17) is 4.74 Å². The van der Waals surface area contributed by atoms with Crippen LogP contribution in [0.15, 0.2) is 60.7 Å². The molecule has 4 aromatic rings. The number of benzene rings is 2. The summed E-state index contributed by atoms with van der Waals surface area (Å²) in [5, 5.41) is 5.41. The maximum Gasteiger partial charge on any atom is 0.213 e. The third-order valence-electron chi connectivity index (χ3n) is 3.77. The highest BCUT2D eigenvalue weighted by molar-refractivity contribution is 7.16. The molecule has 25 heavy (non-hydrogen) atoms. The van der Waals surface area contributed by atoms with Gasteiger partial charge in [0, 0.05) is 12.0 Å². The molecule has 0 fully saturated rings. The minimum absolute atomic E-state index is 0.479. The van der Waals surface area contributed by atoms with E-state index in [0.29, 0.717) is 24.4 Å². The van der Waals surface area contributed by atoms with Gasteiger partial charge in [0.15, 0.2) is 6.29 Å². The van der Waals surface area contributed by atoms with Gasteiger partial charge in [-0.1, -0.05) is 59.9 Å². The summed E-state index contributed by atoms with van der Waals surface area (Å²) >= 11 is 1.48. The minimum Gasteiger partial charge on any atom is -0.493 e. The monoisotopic (exact) mass is 349 g/mol. The van der Waals surface area contributed by atoms with Crippen molar-refractivity contribution < 1.29 is 9.53 Å². The Kier molecular flexibility index (Phi) is 4.26. The summed E-state index contributed by atoms with van der Waals surface area (Å²) in [5.74, 6) is 0.837. The fraction of sp³-hybridized carbons (Fsp3) is 0.105. The molecule has 0 aliphatic rings. The van der Waals surface area contributed by atoms with Crippen LogP contribution in [-0.4, -0.2) is 27.5 Å². The molecule has 0 aliphatic carbocycles. The topological polar surface area (TPSA) is 56.5 Å². The highest BCUT2D eigenvalue weighted by Crippen LogP contribution is 2.26. The van der Waals surface area contributed by atoms with Crippen molar-refractivity contribution in [3.63, 3.8) is 0 Å². The van der Waals surface area contributed by atoms with Crippen molar-refractivity contribution in [2.24, 2.45) is 0 Å². The largest absolute Gasteiger partial charge is 0.493 e. The Hall–Kier alpha value is -2.99. The number of carbonyl (C=O) groups excluding carboxylic acids is 1. The van der Waals surface area contributed by atoms with Crippen LogP contribution in [0.3, 0.4) is 0 Å². The predicted molar refractivity (Wildman–Crippen MR) is 97.3 cm³/mol. The maximum absolute atomic E-state index is 11.6. The molecule has 0 bridgehead atoms. The first-order valence-electron chi connectivity index (χ1n) is 7.92. The van der Waals surface area contributed by atoms with Gasteiger partial charge in [-0.2, -0.15) is 9.61 Å². The zero-order valence-corrected chi connectivity index (χ0v) is 14.1. The van der Waals surface area contributed by atoms with Gasteiger partial charge in [0.05, 0.1) is 6.61 Å². The number of ether oxygens (including phenoxy) is 1. The second kappa shape index (κ2) is 6.86. The lowest BCUT2D eigenvalue weighted by Crippen LogP contribution is -2.02. The third-order valence-corrected chi connectivity index (χ3v) is 4.73. The van der Waals surface area contributed by atoms with E-state index < -0.39 is 0 Å². The molecule has 124 valence electrons. The number of nitrogens with zero attached hydrogens (tertiary/aromatic N) is 3. The first-order chi connectivity index (χ1) is 12.3. The van der Waals surface area contributed by atoms with Crippen molar-refractivity contribution in [1.29, 1.82) is 0 Å². The molecule has 0 saturated heterocycles. The number of rotatable bonds is 6. The standard InChI is InChI=1S/C19H15N3O2S/c23-13-16-18(14-7-3-1-4-8-14)20-19-22(16)21-17(25-19)11-12-24-15-9-5-2-6-10-15/h1-10,13H,11-12H2. The van der Waals surface area contributed by atoms with E-state index in [1.807, 2.05) is 60.7 Å². The molecule has 2 aromatic heterocycles. The van der Waals surface area contributed by atoms with Crippen LogP contribution < -0.4 is 4.74 Å². The zero-order valence-electron chi connectivity index (χ0n) is 13.3. The summed E-state index contributed by atoms with van der Waals surface area (Å²) in [6.07, 6.45) is 1.48. The lowest BCUT2D eigenvalue weighted by Gasteiger charge is -2.03. The van der Waals surface area contributed by atoms with Crippen molar-refractivity contribution in [2.75, 3.05) is 6.61 Å². The molecule has 6 heteroatoms. The van der Waals surface area contributed by atoms with E-state index >= 15 is 0 Å². The molecule has 0 atom stereocenters. The summed E-state index contributed by atoms with van der Waals surface area (Å²) in [7, 11) is 0. The molecule has 0 spiro atoms. The van der Waals surface area contributed by atoms with Crippen LogP contribution in [0.25, 0.3) is 16.2 Å². The van der Waals surface area contributed by atoms with Gasteiger partial charge >= 0.3 is 0 Å².